The molecule has 5 rings (SSSR count). The largest absolute Gasteiger partial charge is 0.497 e. The molecule has 12 heteroatoms. The Morgan fingerprint density at radius 1 is 1.13 bits per heavy atom. The van der Waals surface area contributed by atoms with Crippen LogP contribution in [0, 0.1) is 0 Å². The summed E-state index contributed by atoms with van der Waals surface area (Å²) in [5, 5.41) is 16.6. The highest BCUT2D eigenvalue weighted by molar-refractivity contribution is 5.74. The molecule has 2 aromatic carbocycles. The molecule has 2 aliphatic heterocycles. The standard InChI is InChI=1S/C27H29F3N4O5/c1-37-19-11-16(12-20(14-19)38-2)24-21-5-7-31-25(21)26(36)34(32-24)23-13-17(3-4-22(23)27(28,29)30)33-8-6-18(15-33)39-10-9-35/h3-4,11-14,18,31,35H,5-10,15H2,1-2H3. The van der Waals surface area contributed by atoms with Crippen LogP contribution in [0.5, 0.6) is 11.5 Å². The predicted octanol–water partition coefficient (Wildman–Crippen LogP) is 3.49. The highest BCUT2D eigenvalue weighted by Crippen LogP contribution is 2.38. The van der Waals surface area contributed by atoms with Gasteiger partial charge in [-0.1, -0.05) is 0 Å². The van der Waals surface area contributed by atoms with Gasteiger partial charge in [0.15, 0.2) is 0 Å². The van der Waals surface area contributed by atoms with Crippen molar-refractivity contribution in [3.8, 4) is 28.4 Å². The van der Waals surface area contributed by atoms with Gasteiger partial charge in [-0.25, -0.2) is 0 Å². The van der Waals surface area contributed by atoms with Crippen LogP contribution >= 0.6 is 0 Å². The molecule has 1 saturated heterocycles. The van der Waals surface area contributed by atoms with E-state index in [1.54, 1.807) is 18.2 Å². The first-order chi connectivity index (χ1) is 18.7. The van der Waals surface area contributed by atoms with Gasteiger partial charge in [-0.05, 0) is 43.2 Å². The van der Waals surface area contributed by atoms with Crippen molar-refractivity contribution >= 4 is 11.4 Å². The van der Waals surface area contributed by atoms with E-state index in [9.17, 15) is 18.0 Å². The molecule has 2 N–H and O–H groups in total. The molecule has 3 heterocycles. The topological polar surface area (TPSA) is 98.1 Å². The molecule has 0 aliphatic carbocycles. The molecular formula is C27H29F3N4O5. The maximum Gasteiger partial charge on any atom is 0.418 e. The van der Waals surface area contributed by atoms with Crippen molar-refractivity contribution in [1.29, 1.82) is 0 Å². The van der Waals surface area contributed by atoms with Crippen LogP contribution in [0.15, 0.2) is 41.2 Å². The number of rotatable bonds is 8. The van der Waals surface area contributed by atoms with Crippen LogP contribution in [0.25, 0.3) is 16.9 Å². The lowest BCUT2D eigenvalue weighted by Crippen LogP contribution is -2.28. The number of nitrogens with zero attached hydrogens (tertiary/aromatic N) is 3. The molecule has 0 amide bonds. The van der Waals surface area contributed by atoms with E-state index in [0.29, 0.717) is 66.5 Å². The van der Waals surface area contributed by atoms with Crippen LogP contribution in [-0.2, 0) is 17.3 Å². The zero-order chi connectivity index (χ0) is 27.7. The highest BCUT2D eigenvalue weighted by Gasteiger charge is 2.36. The third kappa shape index (κ3) is 5.26. The van der Waals surface area contributed by atoms with E-state index in [1.165, 1.54) is 26.4 Å². The summed E-state index contributed by atoms with van der Waals surface area (Å²) in [7, 11) is 3.00. The fourth-order valence-corrected chi connectivity index (χ4v) is 5.09. The second-order valence-corrected chi connectivity index (χ2v) is 9.35. The SMILES string of the molecule is COc1cc(OC)cc(-c2nn(-c3cc(N4CCC(OCCO)C4)ccc3C(F)(F)F)c(=O)c3c2CCN3)c1. The summed E-state index contributed by atoms with van der Waals surface area (Å²) in [6.45, 7) is 1.55. The first kappa shape index (κ1) is 26.8. The van der Waals surface area contributed by atoms with Crippen LogP contribution in [0.4, 0.5) is 24.5 Å². The van der Waals surface area contributed by atoms with Gasteiger partial charge >= 0.3 is 6.18 Å². The number of methoxy groups -OCH3 is 2. The Morgan fingerprint density at radius 3 is 2.54 bits per heavy atom. The Bertz CT molecular complexity index is 1400. The molecule has 39 heavy (non-hydrogen) atoms. The van der Waals surface area contributed by atoms with E-state index < -0.39 is 17.3 Å². The number of aliphatic hydroxyl groups excluding tert-OH is 1. The van der Waals surface area contributed by atoms with Gasteiger partial charge in [0.05, 0.1) is 50.5 Å². The van der Waals surface area contributed by atoms with Gasteiger partial charge in [-0.3, -0.25) is 4.79 Å². The number of fused-ring (bicyclic) bond motifs is 1. The quantitative estimate of drug-likeness (QED) is 0.443. The van der Waals surface area contributed by atoms with E-state index in [2.05, 4.69) is 10.4 Å². The molecule has 1 fully saturated rings. The lowest BCUT2D eigenvalue weighted by atomic mass is 10.0. The van der Waals surface area contributed by atoms with Gasteiger partial charge in [-0.15, -0.1) is 0 Å². The minimum Gasteiger partial charge on any atom is -0.497 e. The lowest BCUT2D eigenvalue weighted by molar-refractivity contribution is -0.137. The molecule has 2 aliphatic rings. The van der Waals surface area contributed by atoms with Gasteiger partial charge in [-0.2, -0.15) is 23.0 Å². The Hall–Kier alpha value is -3.77. The van der Waals surface area contributed by atoms with Crippen molar-refractivity contribution in [1.82, 2.24) is 9.78 Å². The smallest absolute Gasteiger partial charge is 0.418 e. The summed E-state index contributed by atoms with van der Waals surface area (Å²) in [4.78, 5) is 15.4. The van der Waals surface area contributed by atoms with Gasteiger partial charge in [0.25, 0.3) is 5.56 Å². The Labute approximate surface area is 222 Å². The van der Waals surface area contributed by atoms with Gasteiger partial charge in [0.2, 0.25) is 0 Å². The predicted molar refractivity (Wildman–Crippen MR) is 139 cm³/mol. The Balaban J connectivity index is 1.66. The van der Waals surface area contributed by atoms with Crippen molar-refractivity contribution < 1.29 is 32.5 Å². The van der Waals surface area contributed by atoms with E-state index in [-0.39, 0.29) is 30.7 Å². The van der Waals surface area contributed by atoms with Crippen LogP contribution in [0.3, 0.4) is 0 Å². The summed E-state index contributed by atoms with van der Waals surface area (Å²) >= 11 is 0. The third-order valence-electron chi connectivity index (χ3n) is 6.97. The van der Waals surface area contributed by atoms with Gasteiger partial charge in [0.1, 0.15) is 17.2 Å². The number of hydrogen-bond donors (Lipinski definition) is 2. The van der Waals surface area contributed by atoms with Crippen molar-refractivity contribution in [2.24, 2.45) is 0 Å². The average molecular weight is 547 g/mol. The fraction of sp³-hybridized carbons (Fsp3) is 0.407. The summed E-state index contributed by atoms with van der Waals surface area (Å²) in [5.41, 5.74) is 0.280. The van der Waals surface area contributed by atoms with Crippen molar-refractivity contribution in [3.05, 3.63) is 57.9 Å². The number of halogens is 3. The number of aromatic nitrogens is 2. The number of anilines is 2. The molecular weight excluding hydrogens is 517 g/mol. The molecule has 0 saturated carbocycles. The van der Waals surface area contributed by atoms with Gasteiger partial charge in [0, 0.05) is 42.5 Å². The zero-order valence-corrected chi connectivity index (χ0v) is 21.5. The summed E-state index contributed by atoms with van der Waals surface area (Å²) in [6.07, 6.45) is -3.72. The van der Waals surface area contributed by atoms with Crippen molar-refractivity contribution in [2.45, 2.75) is 25.1 Å². The third-order valence-corrected chi connectivity index (χ3v) is 6.97. The number of benzene rings is 2. The normalized spacial score (nSPS) is 16.8. The Morgan fingerprint density at radius 2 is 1.87 bits per heavy atom. The fourth-order valence-electron chi connectivity index (χ4n) is 5.09. The van der Waals surface area contributed by atoms with Crippen LogP contribution < -0.4 is 25.2 Å². The zero-order valence-electron chi connectivity index (χ0n) is 21.5. The number of aliphatic hydroxyl groups is 1. The number of nitrogens with one attached hydrogen (secondary N) is 1. The number of ether oxygens (including phenoxy) is 3. The monoisotopic (exact) mass is 546 g/mol. The van der Waals surface area contributed by atoms with Crippen molar-refractivity contribution in [3.63, 3.8) is 0 Å². The van der Waals surface area contributed by atoms with Crippen LogP contribution in [0.1, 0.15) is 17.5 Å². The Kier molecular flexibility index (Phi) is 7.41. The first-order valence-corrected chi connectivity index (χ1v) is 12.6. The van der Waals surface area contributed by atoms with E-state index in [0.717, 1.165) is 10.7 Å². The van der Waals surface area contributed by atoms with Gasteiger partial charge < -0.3 is 29.5 Å². The average Bonchev–Trinajstić information content (AvgIpc) is 3.61. The first-order valence-electron chi connectivity index (χ1n) is 12.6. The van der Waals surface area contributed by atoms with Crippen LogP contribution in [0.2, 0.25) is 0 Å². The second-order valence-electron chi connectivity index (χ2n) is 9.35. The molecule has 1 unspecified atom stereocenters. The lowest BCUT2D eigenvalue weighted by Gasteiger charge is -2.22. The van der Waals surface area contributed by atoms with E-state index >= 15 is 0 Å². The summed E-state index contributed by atoms with van der Waals surface area (Å²) in [5.74, 6) is 0.960. The summed E-state index contributed by atoms with van der Waals surface area (Å²) < 4.78 is 59.9. The van der Waals surface area contributed by atoms with Crippen LogP contribution in [-0.4, -0.2) is 68.1 Å². The molecule has 0 radical (unpaired) electrons. The highest BCUT2D eigenvalue weighted by atomic mass is 19.4. The maximum absolute atomic E-state index is 14.2. The molecule has 0 spiro atoms. The minimum absolute atomic E-state index is 0.108. The molecule has 208 valence electrons. The molecule has 1 aromatic heterocycles. The maximum atomic E-state index is 14.2. The number of alkyl halides is 3. The summed E-state index contributed by atoms with van der Waals surface area (Å²) in [6, 6.07) is 8.81. The number of hydrogen-bond acceptors (Lipinski definition) is 8. The van der Waals surface area contributed by atoms with E-state index in [4.69, 9.17) is 19.3 Å². The minimum atomic E-state index is -4.72. The second kappa shape index (κ2) is 10.8. The molecule has 9 nitrogen and oxygen atoms in total. The molecule has 3 aromatic rings. The van der Waals surface area contributed by atoms with Crippen molar-refractivity contribution in [2.75, 3.05) is 57.3 Å². The molecule has 1 atom stereocenters. The van der Waals surface area contributed by atoms with E-state index in [1.807, 2.05) is 4.90 Å². The molecule has 0 bridgehead atoms.